The summed E-state index contributed by atoms with van der Waals surface area (Å²) in [6.45, 7) is 6.18. The van der Waals surface area contributed by atoms with Crippen molar-refractivity contribution in [3.63, 3.8) is 0 Å². The molecule has 0 N–H and O–H groups in total. The fourth-order valence-electron chi connectivity index (χ4n) is 1.78. The SMILES string of the molecule is CCCOCCCCc1cccc(CC)c1. The minimum Gasteiger partial charge on any atom is -0.381 e. The first kappa shape index (κ1) is 13.2. The summed E-state index contributed by atoms with van der Waals surface area (Å²) in [6, 6.07) is 8.93. The summed E-state index contributed by atoms with van der Waals surface area (Å²) in [6.07, 6.45) is 5.85. The molecule has 0 amide bonds. The Morgan fingerprint density at radius 2 is 1.81 bits per heavy atom. The van der Waals surface area contributed by atoms with E-state index in [0.29, 0.717) is 0 Å². The molecule has 0 spiro atoms. The molecule has 1 rings (SSSR count). The van der Waals surface area contributed by atoms with Gasteiger partial charge in [0.25, 0.3) is 0 Å². The molecule has 0 radical (unpaired) electrons. The van der Waals surface area contributed by atoms with Crippen LogP contribution < -0.4 is 0 Å². The molecule has 90 valence electrons. The van der Waals surface area contributed by atoms with Crippen LogP contribution in [-0.4, -0.2) is 13.2 Å². The molecule has 1 heteroatoms. The molecular formula is C15H24O. The van der Waals surface area contributed by atoms with E-state index in [1.54, 1.807) is 0 Å². The first-order chi connectivity index (χ1) is 7.86. The van der Waals surface area contributed by atoms with Crippen molar-refractivity contribution in [3.05, 3.63) is 35.4 Å². The van der Waals surface area contributed by atoms with Gasteiger partial charge >= 0.3 is 0 Å². The Morgan fingerprint density at radius 1 is 1.00 bits per heavy atom. The molecule has 0 aliphatic rings. The summed E-state index contributed by atoms with van der Waals surface area (Å²) in [5.41, 5.74) is 2.91. The highest BCUT2D eigenvalue weighted by Crippen LogP contribution is 2.09. The quantitative estimate of drug-likeness (QED) is 0.602. The number of unbranched alkanes of at least 4 members (excludes halogenated alkanes) is 1. The lowest BCUT2D eigenvalue weighted by Gasteiger charge is -2.04. The maximum absolute atomic E-state index is 5.47. The Balaban J connectivity index is 2.16. The topological polar surface area (TPSA) is 9.23 Å². The number of hydrogen-bond acceptors (Lipinski definition) is 1. The third kappa shape index (κ3) is 5.32. The average Bonchev–Trinajstić information content (AvgIpc) is 2.34. The highest BCUT2D eigenvalue weighted by molar-refractivity contribution is 5.23. The molecule has 1 aromatic rings. The van der Waals surface area contributed by atoms with Gasteiger partial charge in [-0.05, 0) is 43.2 Å². The lowest BCUT2D eigenvalue weighted by atomic mass is 10.0. The second-order valence-electron chi connectivity index (χ2n) is 4.24. The summed E-state index contributed by atoms with van der Waals surface area (Å²) in [4.78, 5) is 0. The number of benzene rings is 1. The van der Waals surface area contributed by atoms with Gasteiger partial charge in [-0.15, -0.1) is 0 Å². The minimum absolute atomic E-state index is 0.908. The summed E-state index contributed by atoms with van der Waals surface area (Å²) in [7, 11) is 0. The summed E-state index contributed by atoms with van der Waals surface area (Å²) in [5.74, 6) is 0. The molecule has 0 bridgehead atoms. The van der Waals surface area contributed by atoms with Gasteiger partial charge in [0, 0.05) is 13.2 Å². The third-order valence-corrected chi connectivity index (χ3v) is 2.75. The molecule has 0 saturated carbocycles. The average molecular weight is 220 g/mol. The van der Waals surface area contributed by atoms with Crippen LogP contribution in [0.2, 0.25) is 0 Å². The van der Waals surface area contributed by atoms with Crippen molar-refractivity contribution in [1.29, 1.82) is 0 Å². The maximum atomic E-state index is 5.47. The maximum Gasteiger partial charge on any atom is 0.0466 e. The van der Waals surface area contributed by atoms with E-state index in [2.05, 4.69) is 38.1 Å². The zero-order valence-corrected chi connectivity index (χ0v) is 10.7. The standard InChI is InChI=1S/C15H24O/c1-3-11-16-12-6-5-8-15-10-7-9-14(4-2)13-15/h7,9-10,13H,3-6,8,11-12H2,1-2H3. The van der Waals surface area contributed by atoms with Crippen LogP contribution in [0.25, 0.3) is 0 Å². The highest BCUT2D eigenvalue weighted by atomic mass is 16.5. The van der Waals surface area contributed by atoms with Gasteiger partial charge in [0.2, 0.25) is 0 Å². The number of hydrogen-bond donors (Lipinski definition) is 0. The lowest BCUT2D eigenvalue weighted by Crippen LogP contribution is -1.96. The highest BCUT2D eigenvalue weighted by Gasteiger charge is 1.95. The molecule has 1 nitrogen and oxygen atoms in total. The van der Waals surface area contributed by atoms with Crippen LogP contribution in [0.5, 0.6) is 0 Å². The molecule has 0 aliphatic heterocycles. The van der Waals surface area contributed by atoms with Crippen molar-refractivity contribution >= 4 is 0 Å². The van der Waals surface area contributed by atoms with E-state index >= 15 is 0 Å². The number of aryl methyl sites for hydroxylation is 2. The van der Waals surface area contributed by atoms with Crippen molar-refractivity contribution in [2.45, 2.75) is 46.0 Å². The third-order valence-electron chi connectivity index (χ3n) is 2.75. The number of rotatable bonds is 8. The first-order valence-electron chi connectivity index (χ1n) is 6.52. The fraction of sp³-hybridized carbons (Fsp3) is 0.600. The van der Waals surface area contributed by atoms with Gasteiger partial charge in [0.05, 0.1) is 0 Å². The lowest BCUT2D eigenvalue weighted by molar-refractivity contribution is 0.131. The van der Waals surface area contributed by atoms with Crippen molar-refractivity contribution < 1.29 is 4.74 Å². The summed E-state index contributed by atoms with van der Waals surface area (Å²) >= 11 is 0. The predicted octanol–water partition coefficient (Wildman–Crippen LogP) is 4.00. The van der Waals surface area contributed by atoms with Gasteiger partial charge in [-0.25, -0.2) is 0 Å². The zero-order valence-electron chi connectivity index (χ0n) is 10.7. The molecule has 0 atom stereocenters. The van der Waals surface area contributed by atoms with Crippen LogP contribution in [0.15, 0.2) is 24.3 Å². The van der Waals surface area contributed by atoms with Crippen LogP contribution in [0, 0.1) is 0 Å². The van der Waals surface area contributed by atoms with Gasteiger partial charge in [0.1, 0.15) is 0 Å². The zero-order chi connectivity index (χ0) is 11.6. The van der Waals surface area contributed by atoms with Crippen molar-refractivity contribution in [2.24, 2.45) is 0 Å². The van der Waals surface area contributed by atoms with E-state index in [9.17, 15) is 0 Å². The largest absolute Gasteiger partial charge is 0.381 e. The van der Waals surface area contributed by atoms with E-state index in [1.807, 2.05) is 0 Å². The van der Waals surface area contributed by atoms with Gasteiger partial charge in [-0.1, -0.05) is 38.1 Å². The molecule has 1 aromatic carbocycles. The van der Waals surface area contributed by atoms with Crippen molar-refractivity contribution in [2.75, 3.05) is 13.2 Å². The van der Waals surface area contributed by atoms with Crippen LogP contribution in [-0.2, 0) is 17.6 Å². The second-order valence-corrected chi connectivity index (χ2v) is 4.24. The van der Waals surface area contributed by atoms with Crippen LogP contribution in [0.3, 0.4) is 0 Å². The Morgan fingerprint density at radius 3 is 2.56 bits per heavy atom. The van der Waals surface area contributed by atoms with Crippen LogP contribution >= 0.6 is 0 Å². The van der Waals surface area contributed by atoms with Gasteiger partial charge in [-0.3, -0.25) is 0 Å². The molecule has 0 unspecified atom stereocenters. The van der Waals surface area contributed by atoms with Crippen molar-refractivity contribution in [1.82, 2.24) is 0 Å². The molecular weight excluding hydrogens is 196 g/mol. The second kappa shape index (κ2) is 8.35. The van der Waals surface area contributed by atoms with Gasteiger partial charge < -0.3 is 4.74 Å². The van der Waals surface area contributed by atoms with E-state index in [1.165, 1.54) is 30.4 Å². The van der Waals surface area contributed by atoms with E-state index < -0.39 is 0 Å². The fourth-order valence-corrected chi connectivity index (χ4v) is 1.78. The van der Waals surface area contributed by atoms with Crippen molar-refractivity contribution in [3.8, 4) is 0 Å². The Bertz CT molecular complexity index is 281. The smallest absolute Gasteiger partial charge is 0.0466 e. The molecule has 0 aliphatic carbocycles. The predicted molar refractivity (Wildman–Crippen MR) is 69.9 cm³/mol. The van der Waals surface area contributed by atoms with E-state index in [-0.39, 0.29) is 0 Å². The van der Waals surface area contributed by atoms with E-state index in [4.69, 9.17) is 4.74 Å². The van der Waals surface area contributed by atoms with Crippen LogP contribution in [0.1, 0.15) is 44.2 Å². The normalized spacial score (nSPS) is 10.6. The van der Waals surface area contributed by atoms with Gasteiger partial charge in [0.15, 0.2) is 0 Å². The molecule has 16 heavy (non-hydrogen) atoms. The van der Waals surface area contributed by atoms with Gasteiger partial charge in [-0.2, -0.15) is 0 Å². The van der Waals surface area contributed by atoms with Crippen LogP contribution in [0.4, 0.5) is 0 Å². The summed E-state index contributed by atoms with van der Waals surface area (Å²) in [5, 5.41) is 0. The monoisotopic (exact) mass is 220 g/mol. The Kier molecular flexibility index (Phi) is 6.91. The Labute approximate surface area is 99.8 Å². The van der Waals surface area contributed by atoms with E-state index in [0.717, 1.165) is 26.1 Å². The molecule has 0 aromatic heterocycles. The number of ether oxygens (including phenoxy) is 1. The first-order valence-corrected chi connectivity index (χ1v) is 6.52. The minimum atomic E-state index is 0.908. The molecule has 0 fully saturated rings. The molecule has 0 saturated heterocycles. The Hall–Kier alpha value is -0.820. The molecule has 0 heterocycles. The summed E-state index contributed by atoms with van der Waals surface area (Å²) < 4.78 is 5.47.